The highest BCUT2D eigenvalue weighted by Gasteiger charge is 2.34. The maximum atomic E-state index is 12.4. The van der Waals surface area contributed by atoms with E-state index >= 15 is 0 Å². The Labute approximate surface area is 133 Å². The molecule has 1 saturated heterocycles. The molecule has 0 bridgehead atoms. The van der Waals surface area contributed by atoms with Gasteiger partial charge in [0, 0.05) is 38.7 Å². The Morgan fingerprint density at radius 1 is 1.30 bits per heavy atom. The van der Waals surface area contributed by atoms with E-state index in [1.807, 2.05) is 18.2 Å². The lowest BCUT2D eigenvalue weighted by molar-refractivity contribution is -0.143. The van der Waals surface area contributed by atoms with E-state index in [9.17, 15) is 18.0 Å². The van der Waals surface area contributed by atoms with Crippen LogP contribution in [0.1, 0.15) is 24.9 Å². The predicted octanol–water partition coefficient (Wildman–Crippen LogP) is 2.85. The van der Waals surface area contributed by atoms with Crippen molar-refractivity contribution in [3.63, 3.8) is 0 Å². The lowest BCUT2D eigenvalue weighted by atomic mass is 10.0. The number of piperazine rings is 1. The third kappa shape index (κ3) is 4.60. The number of benzene rings is 1. The second-order valence-corrected chi connectivity index (χ2v) is 5.64. The molecular formula is C16H21F3N2O2. The summed E-state index contributed by atoms with van der Waals surface area (Å²) in [4.78, 5) is 15.3. The largest absolute Gasteiger partial charge is 0.496 e. The van der Waals surface area contributed by atoms with Gasteiger partial charge < -0.3 is 9.64 Å². The number of para-hydroxylation sites is 1. The van der Waals surface area contributed by atoms with Crippen molar-refractivity contribution < 1.29 is 22.7 Å². The van der Waals surface area contributed by atoms with Gasteiger partial charge in [-0.1, -0.05) is 18.2 Å². The van der Waals surface area contributed by atoms with Crippen LogP contribution >= 0.6 is 0 Å². The van der Waals surface area contributed by atoms with Crippen LogP contribution in [0, 0.1) is 0 Å². The van der Waals surface area contributed by atoms with Gasteiger partial charge in [0.2, 0.25) is 5.91 Å². The van der Waals surface area contributed by atoms with Crippen molar-refractivity contribution in [3.8, 4) is 5.75 Å². The van der Waals surface area contributed by atoms with E-state index in [-0.39, 0.29) is 18.5 Å². The maximum absolute atomic E-state index is 12.4. The Morgan fingerprint density at radius 2 is 2.00 bits per heavy atom. The van der Waals surface area contributed by atoms with Crippen molar-refractivity contribution in [3.05, 3.63) is 29.8 Å². The molecule has 0 radical (unpaired) electrons. The first-order valence-electron chi connectivity index (χ1n) is 7.51. The Hall–Kier alpha value is -1.76. The van der Waals surface area contributed by atoms with E-state index < -0.39 is 12.6 Å². The molecule has 0 aromatic heterocycles. The van der Waals surface area contributed by atoms with Crippen molar-refractivity contribution in [1.82, 2.24) is 9.80 Å². The van der Waals surface area contributed by atoms with Crippen LogP contribution in [0.2, 0.25) is 0 Å². The summed E-state index contributed by atoms with van der Waals surface area (Å²) >= 11 is 0. The monoisotopic (exact) mass is 330 g/mol. The van der Waals surface area contributed by atoms with Crippen molar-refractivity contribution in [2.45, 2.75) is 25.6 Å². The molecular weight excluding hydrogens is 309 g/mol. The molecule has 1 heterocycles. The molecule has 0 unspecified atom stereocenters. The number of alkyl halides is 3. The molecule has 2 rings (SSSR count). The molecule has 1 amide bonds. The molecule has 23 heavy (non-hydrogen) atoms. The van der Waals surface area contributed by atoms with Crippen LogP contribution < -0.4 is 4.74 Å². The number of carbonyl (C=O) groups excluding carboxylic acids is 1. The molecule has 7 heteroatoms. The van der Waals surface area contributed by atoms with Gasteiger partial charge in [0.05, 0.1) is 19.6 Å². The first kappa shape index (κ1) is 17.6. The molecule has 1 aromatic carbocycles. The summed E-state index contributed by atoms with van der Waals surface area (Å²) in [7, 11) is 1.54. The summed E-state index contributed by atoms with van der Waals surface area (Å²) in [6, 6.07) is 7.01. The van der Waals surface area contributed by atoms with Crippen LogP contribution in [0.4, 0.5) is 13.2 Å². The summed E-state index contributed by atoms with van der Waals surface area (Å²) in [5, 5.41) is 0. The molecule has 1 aromatic rings. The van der Waals surface area contributed by atoms with Crippen molar-refractivity contribution in [1.29, 1.82) is 0 Å². The number of rotatable bonds is 4. The summed E-state index contributed by atoms with van der Waals surface area (Å²) < 4.78 is 42.7. The highest BCUT2D eigenvalue weighted by Crippen LogP contribution is 2.32. The minimum atomic E-state index is -4.17. The lowest BCUT2D eigenvalue weighted by Crippen LogP contribution is -2.50. The number of amides is 1. The quantitative estimate of drug-likeness (QED) is 0.851. The number of methoxy groups -OCH3 is 1. The predicted molar refractivity (Wildman–Crippen MR) is 80.2 cm³/mol. The molecule has 4 nitrogen and oxygen atoms in total. The standard InChI is InChI=1S/C16H21F3N2O2/c1-12(22)21-10-9-20(8-7-16(17,18)19)11-14(21)13-5-3-4-6-15(13)23-2/h3-6,14H,7-11H2,1-2H3/t14-/m0/s1. The highest BCUT2D eigenvalue weighted by molar-refractivity contribution is 5.74. The zero-order valence-electron chi connectivity index (χ0n) is 13.3. The van der Waals surface area contributed by atoms with Gasteiger partial charge in [-0.15, -0.1) is 0 Å². The second-order valence-electron chi connectivity index (χ2n) is 5.64. The summed E-state index contributed by atoms with van der Waals surface area (Å²) in [6.45, 7) is 2.65. The van der Waals surface area contributed by atoms with Gasteiger partial charge >= 0.3 is 6.18 Å². The highest BCUT2D eigenvalue weighted by atomic mass is 19.4. The Kier molecular flexibility index (Phi) is 5.51. The van der Waals surface area contributed by atoms with Gasteiger partial charge in [0.1, 0.15) is 5.75 Å². The van der Waals surface area contributed by atoms with Gasteiger partial charge in [0.15, 0.2) is 0 Å². The topological polar surface area (TPSA) is 32.8 Å². The molecule has 1 fully saturated rings. The van der Waals surface area contributed by atoms with E-state index in [0.717, 1.165) is 5.56 Å². The van der Waals surface area contributed by atoms with Crippen molar-refractivity contribution in [2.24, 2.45) is 0 Å². The minimum Gasteiger partial charge on any atom is -0.496 e. The number of nitrogens with zero attached hydrogens (tertiary/aromatic N) is 2. The normalized spacial score (nSPS) is 19.7. The first-order chi connectivity index (χ1) is 10.8. The zero-order chi connectivity index (χ0) is 17.0. The zero-order valence-corrected chi connectivity index (χ0v) is 13.3. The number of carbonyl (C=O) groups is 1. The van der Waals surface area contributed by atoms with Gasteiger partial charge in [-0.05, 0) is 6.07 Å². The van der Waals surface area contributed by atoms with Crippen molar-refractivity contribution in [2.75, 3.05) is 33.3 Å². The third-order valence-electron chi connectivity index (χ3n) is 4.08. The van der Waals surface area contributed by atoms with Crippen LogP contribution in [-0.4, -0.2) is 55.2 Å². The number of hydrogen-bond acceptors (Lipinski definition) is 3. The molecule has 0 saturated carbocycles. The van der Waals surface area contributed by atoms with Crippen LogP contribution in [0.15, 0.2) is 24.3 Å². The minimum absolute atomic E-state index is 0.0547. The molecule has 0 N–H and O–H groups in total. The van der Waals surface area contributed by atoms with Gasteiger partial charge in [-0.3, -0.25) is 9.69 Å². The van der Waals surface area contributed by atoms with E-state index in [4.69, 9.17) is 4.74 Å². The van der Waals surface area contributed by atoms with Crippen molar-refractivity contribution >= 4 is 5.91 Å². The molecule has 128 valence electrons. The summed E-state index contributed by atoms with van der Waals surface area (Å²) in [5.74, 6) is 0.554. The average molecular weight is 330 g/mol. The second kappa shape index (κ2) is 7.21. The van der Waals surface area contributed by atoms with E-state index in [1.54, 1.807) is 23.0 Å². The Bertz CT molecular complexity index is 548. The fraction of sp³-hybridized carbons (Fsp3) is 0.562. The van der Waals surface area contributed by atoms with Crippen LogP contribution in [0.3, 0.4) is 0 Å². The molecule has 1 atom stereocenters. The fourth-order valence-electron chi connectivity index (χ4n) is 2.91. The SMILES string of the molecule is COc1ccccc1[C@@H]1CN(CCC(F)(F)F)CCN1C(C)=O. The third-order valence-corrected chi connectivity index (χ3v) is 4.08. The number of hydrogen-bond donors (Lipinski definition) is 0. The molecule has 0 spiro atoms. The summed E-state index contributed by atoms with van der Waals surface area (Å²) in [5.41, 5.74) is 0.821. The number of ether oxygens (including phenoxy) is 1. The molecule has 1 aliphatic heterocycles. The first-order valence-corrected chi connectivity index (χ1v) is 7.51. The van der Waals surface area contributed by atoms with Gasteiger partial charge in [-0.2, -0.15) is 13.2 Å². The van der Waals surface area contributed by atoms with E-state index in [1.165, 1.54) is 6.92 Å². The summed E-state index contributed by atoms with van der Waals surface area (Å²) in [6.07, 6.45) is -5.01. The number of halogens is 3. The fourth-order valence-corrected chi connectivity index (χ4v) is 2.91. The average Bonchev–Trinajstić information content (AvgIpc) is 2.51. The lowest BCUT2D eigenvalue weighted by Gasteiger charge is -2.41. The van der Waals surface area contributed by atoms with E-state index in [2.05, 4.69) is 0 Å². The maximum Gasteiger partial charge on any atom is 0.390 e. The molecule has 0 aliphatic carbocycles. The Balaban J connectivity index is 2.19. The van der Waals surface area contributed by atoms with Crippen LogP contribution in [0.25, 0.3) is 0 Å². The van der Waals surface area contributed by atoms with Gasteiger partial charge in [0.25, 0.3) is 0 Å². The van der Waals surface area contributed by atoms with Gasteiger partial charge in [-0.25, -0.2) is 0 Å². The Morgan fingerprint density at radius 3 is 2.61 bits per heavy atom. The van der Waals surface area contributed by atoms with E-state index in [0.29, 0.717) is 25.4 Å². The van der Waals surface area contributed by atoms with Crippen LogP contribution in [0.5, 0.6) is 5.75 Å². The molecule has 1 aliphatic rings. The van der Waals surface area contributed by atoms with Crippen LogP contribution in [-0.2, 0) is 4.79 Å². The smallest absolute Gasteiger partial charge is 0.390 e.